The number of rotatable bonds is 1. The fraction of sp³-hybridized carbons (Fsp3) is 0.909. The number of nitrogens with one attached hydrogen (secondary N) is 2. The molecule has 3 fully saturated rings. The second-order valence-corrected chi connectivity index (χ2v) is 4.98. The molecule has 0 aromatic carbocycles. The Morgan fingerprint density at radius 3 is 2.29 bits per heavy atom. The minimum absolute atomic E-state index is 0. The molecule has 3 saturated heterocycles. The molecule has 1 amide bonds. The van der Waals surface area contributed by atoms with Crippen LogP contribution in [-0.4, -0.2) is 49.1 Å². The summed E-state index contributed by atoms with van der Waals surface area (Å²) in [5, 5.41) is 6.61. The fourth-order valence-corrected chi connectivity index (χ4v) is 3.02. The van der Waals surface area contributed by atoms with Crippen LogP contribution >= 0.6 is 24.8 Å². The summed E-state index contributed by atoms with van der Waals surface area (Å²) in [6.45, 7) is 3.86. The smallest absolute Gasteiger partial charge is 0.228 e. The van der Waals surface area contributed by atoms with E-state index in [1.54, 1.807) is 0 Å². The summed E-state index contributed by atoms with van der Waals surface area (Å²) in [6, 6.07) is 1.00. The topological polar surface area (TPSA) is 44.4 Å². The zero-order valence-electron chi connectivity index (χ0n) is 9.85. The molecule has 2 N–H and O–H groups in total. The highest BCUT2D eigenvalue weighted by atomic mass is 35.5. The fourth-order valence-electron chi connectivity index (χ4n) is 3.02. The third kappa shape index (κ3) is 2.70. The van der Waals surface area contributed by atoms with Crippen LogP contribution in [0.25, 0.3) is 0 Å². The molecule has 2 bridgehead atoms. The maximum atomic E-state index is 12.3. The van der Waals surface area contributed by atoms with Gasteiger partial charge in [0.1, 0.15) is 0 Å². The van der Waals surface area contributed by atoms with Crippen LogP contribution in [0.4, 0.5) is 0 Å². The molecule has 6 heteroatoms. The predicted octanol–water partition coefficient (Wildman–Crippen LogP) is 0.402. The number of fused-ring (bicyclic) bond motifs is 2. The summed E-state index contributed by atoms with van der Waals surface area (Å²) < 4.78 is 0. The molecule has 2 unspecified atom stereocenters. The third-order valence-corrected chi connectivity index (χ3v) is 4.04. The van der Waals surface area contributed by atoms with E-state index >= 15 is 0 Å². The normalized spacial score (nSPS) is 31.9. The first kappa shape index (κ1) is 15.0. The Hall–Kier alpha value is -0.0300. The first-order valence-corrected chi connectivity index (χ1v) is 6.10. The maximum Gasteiger partial charge on any atom is 0.228 e. The highest BCUT2D eigenvalue weighted by molar-refractivity contribution is 5.85. The summed E-state index contributed by atoms with van der Waals surface area (Å²) in [5.41, 5.74) is 0. The van der Waals surface area contributed by atoms with Gasteiger partial charge in [-0.1, -0.05) is 0 Å². The molecule has 17 heavy (non-hydrogen) atoms. The Balaban J connectivity index is 0.000000722. The van der Waals surface area contributed by atoms with Gasteiger partial charge in [0.05, 0.1) is 5.92 Å². The summed E-state index contributed by atoms with van der Waals surface area (Å²) in [4.78, 5) is 14.5. The summed E-state index contributed by atoms with van der Waals surface area (Å²) in [7, 11) is 0. The largest absolute Gasteiger partial charge is 0.335 e. The van der Waals surface area contributed by atoms with Crippen molar-refractivity contribution in [3.8, 4) is 0 Å². The highest BCUT2D eigenvalue weighted by Gasteiger charge is 2.41. The lowest BCUT2D eigenvalue weighted by atomic mass is 10.0. The van der Waals surface area contributed by atoms with Gasteiger partial charge in [-0.15, -0.1) is 24.8 Å². The van der Waals surface area contributed by atoms with Gasteiger partial charge in [0, 0.05) is 31.7 Å². The molecule has 0 radical (unpaired) electrons. The Morgan fingerprint density at radius 1 is 0.941 bits per heavy atom. The number of nitrogens with zero attached hydrogens (tertiary/aromatic N) is 1. The molecule has 3 rings (SSSR count). The molecule has 0 aliphatic carbocycles. The van der Waals surface area contributed by atoms with Crippen molar-refractivity contribution in [3.63, 3.8) is 0 Å². The predicted molar refractivity (Wildman–Crippen MR) is 72.0 cm³/mol. The molecule has 4 nitrogen and oxygen atoms in total. The molecule has 2 atom stereocenters. The van der Waals surface area contributed by atoms with Crippen molar-refractivity contribution in [3.05, 3.63) is 0 Å². The molecule has 3 aliphatic rings. The molecular formula is C11H21Cl2N3O. The molecule has 100 valence electrons. The minimum Gasteiger partial charge on any atom is -0.335 e. The first-order chi connectivity index (χ1) is 7.36. The van der Waals surface area contributed by atoms with E-state index in [0.29, 0.717) is 18.0 Å². The first-order valence-electron chi connectivity index (χ1n) is 6.10. The average molecular weight is 282 g/mol. The van der Waals surface area contributed by atoms with Crippen molar-refractivity contribution < 1.29 is 4.79 Å². The Bertz CT molecular complexity index is 259. The van der Waals surface area contributed by atoms with Gasteiger partial charge in [0.2, 0.25) is 5.91 Å². The van der Waals surface area contributed by atoms with Gasteiger partial charge in [-0.3, -0.25) is 4.79 Å². The van der Waals surface area contributed by atoms with Crippen LogP contribution in [0, 0.1) is 5.92 Å². The SMILES string of the molecule is Cl.Cl.O=C(C1CNC1)N1C2CCNCC1CC2. The summed E-state index contributed by atoms with van der Waals surface area (Å²) in [5.74, 6) is 0.677. The van der Waals surface area contributed by atoms with Crippen LogP contribution in [0.1, 0.15) is 19.3 Å². The van der Waals surface area contributed by atoms with Crippen LogP contribution in [0.15, 0.2) is 0 Å². The molecule has 3 aliphatic heterocycles. The summed E-state index contributed by atoms with van der Waals surface area (Å²) in [6.07, 6.45) is 3.56. The Morgan fingerprint density at radius 2 is 1.65 bits per heavy atom. The number of amides is 1. The van der Waals surface area contributed by atoms with E-state index in [9.17, 15) is 4.79 Å². The van der Waals surface area contributed by atoms with E-state index in [-0.39, 0.29) is 30.7 Å². The average Bonchev–Trinajstić information content (AvgIpc) is 2.36. The second-order valence-electron chi connectivity index (χ2n) is 4.98. The molecule has 0 spiro atoms. The highest BCUT2D eigenvalue weighted by Crippen LogP contribution is 2.29. The van der Waals surface area contributed by atoms with E-state index in [4.69, 9.17) is 0 Å². The monoisotopic (exact) mass is 281 g/mol. The maximum absolute atomic E-state index is 12.3. The zero-order valence-corrected chi connectivity index (χ0v) is 11.5. The Labute approximate surface area is 115 Å². The van der Waals surface area contributed by atoms with E-state index < -0.39 is 0 Å². The van der Waals surface area contributed by atoms with Gasteiger partial charge in [0.15, 0.2) is 0 Å². The molecule has 0 aromatic heterocycles. The van der Waals surface area contributed by atoms with Gasteiger partial charge in [-0.25, -0.2) is 0 Å². The van der Waals surface area contributed by atoms with Crippen LogP contribution in [0.2, 0.25) is 0 Å². The van der Waals surface area contributed by atoms with Crippen molar-refractivity contribution in [2.45, 2.75) is 31.3 Å². The number of carbonyl (C=O) groups is 1. The van der Waals surface area contributed by atoms with Crippen molar-refractivity contribution in [2.24, 2.45) is 5.92 Å². The van der Waals surface area contributed by atoms with Gasteiger partial charge >= 0.3 is 0 Å². The van der Waals surface area contributed by atoms with Crippen molar-refractivity contribution in [2.75, 3.05) is 26.2 Å². The number of carbonyl (C=O) groups excluding carboxylic acids is 1. The molecule has 0 saturated carbocycles. The second kappa shape index (κ2) is 6.23. The summed E-state index contributed by atoms with van der Waals surface area (Å²) >= 11 is 0. The van der Waals surface area contributed by atoms with Gasteiger partial charge < -0.3 is 15.5 Å². The lowest BCUT2D eigenvalue weighted by Crippen LogP contribution is -2.55. The van der Waals surface area contributed by atoms with Gasteiger partial charge in [0.25, 0.3) is 0 Å². The number of hydrogen-bond acceptors (Lipinski definition) is 3. The van der Waals surface area contributed by atoms with Crippen LogP contribution in [0.3, 0.4) is 0 Å². The Kier molecular flexibility index (Phi) is 5.51. The molecule has 0 aromatic rings. The van der Waals surface area contributed by atoms with Crippen molar-refractivity contribution in [1.29, 1.82) is 0 Å². The molecular weight excluding hydrogens is 261 g/mol. The van der Waals surface area contributed by atoms with E-state index in [2.05, 4.69) is 15.5 Å². The van der Waals surface area contributed by atoms with Gasteiger partial charge in [-0.2, -0.15) is 0 Å². The molecule has 3 heterocycles. The van der Waals surface area contributed by atoms with E-state index in [1.807, 2.05) is 0 Å². The van der Waals surface area contributed by atoms with Crippen LogP contribution in [0.5, 0.6) is 0 Å². The number of halogens is 2. The minimum atomic E-state index is 0. The van der Waals surface area contributed by atoms with Crippen molar-refractivity contribution in [1.82, 2.24) is 15.5 Å². The third-order valence-electron chi connectivity index (χ3n) is 4.04. The number of hydrogen-bond donors (Lipinski definition) is 2. The van der Waals surface area contributed by atoms with Gasteiger partial charge in [-0.05, 0) is 25.8 Å². The zero-order chi connectivity index (χ0) is 10.3. The van der Waals surface area contributed by atoms with E-state index in [1.165, 1.54) is 12.8 Å². The standard InChI is InChI=1S/C11H19N3O.2ClH/c15-11(8-5-13-6-8)14-9-1-2-10(14)7-12-4-3-9;;/h8-10,12-13H,1-7H2;2*1H. The van der Waals surface area contributed by atoms with E-state index in [0.717, 1.165) is 32.6 Å². The lowest BCUT2D eigenvalue weighted by molar-refractivity contribution is -0.139. The lowest BCUT2D eigenvalue weighted by Gasteiger charge is -2.35. The quantitative estimate of drug-likeness (QED) is 0.732. The van der Waals surface area contributed by atoms with Crippen molar-refractivity contribution >= 4 is 30.7 Å². The van der Waals surface area contributed by atoms with Crippen LogP contribution < -0.4 is 10.6 Å². The van der Waals surface area contributed by atoms with Crippen LogP contribution in [-0.2, 0) is 4.79 Å².